The zero-order valence-electron chi connectivity index (χ0n) is 10.6. The van der Waals surface area contributed by atoms with Gasteiger partial charge in [-0.15, -0.1) is 0 Å². The Morgan fingerprint density at radius 1 is 1.11 bits per heavy atom. The predicted octanol–water partition coefficient (Wildman–Crippen LogP) is 2.46. The molecular formula is C14H13NO4. The van der Waals surface area contributed by atoms with Gasteiger partial charge in [0.1, 0.15) is 17.2 Å². The topological polar surface area (TPSA) is 68.7 Å². The van der Waals surface area contributed by atoms with Crippen LogP contribution in [0.5, 0.6) is 11.5 Å². The molecule has 2 rings (SSSR count). The molecule has 0 aliphatic heterocycles. The van der Waals surface area contributed by atoms with E-state index in [1.807, 2.05) is 0 Å². The monoisotopic (exact) mass is 259 g/mol. The maximum Gasteiger partial charge on any atom is 0.354 e. The highest BCUT2D eigenvalue weighted by molar-refractivity contribution is 5.86. The molecule has 0 aliphatic carbocycles. The van der Waals surface area contributed by atoms with Crippen LogP contribution in [0.15, 0.2) is 36.4 Å². The Morgan fingerprint density at radius 2 is 1.74 bits per heavy atom. The highest BCUT2D eigenvalue weighted by atomic mass is 16.5. The summed E-state index contributed by atoms with van der Waals surface area (Å²) in [7, 11) is 3.11. The average molecular weight is 259 g/mol. The van der Waals surface area contributed by atoms with Crippen LogP contribution in [0.25, 0.3) is 11.3 Å². The van der Waals surface area contributed by atoms with Crippen molar-refractivity contribution in [1.29, 1.82) is 0 Å². The zero-order chi connectivity index (χ0) is 13.8. The van der Waals surface area contributed by atoms with E-state index < -0.39 is 5.97 Å². The molecule has 1 N–H and O–H groups in total. The van der Waals surface area contributed by atoms with Gasteiger partial charge in [-0.1, -0.05) is 6.07 Å². The fourth-order valence-corrected chi connectivity index (χ4v) is 1.67. The molecule has 2 aromatic rings. The van der Waals surface area contributed by atoms with Gasteiger partial charge >= 0.3 is 5.97 Å². The smallest absolute Gasteiger partial charge is 0.354 e. The van der Waals surface area contributed by atoms with Crippen molar-refractivity contribution in [3.63, 3.8) is 0 Å². The maximum absolute atomic E-state index is 10.9. The molecule has 0 spiro atoms. The molecule has 1 aromatic carbocycles. The number of nitrogens with zero attached hydrogens (tertiary/aromatic N) is 1. The number of aromatic nitrogens is 1. The van der Waals surface area contributed by atoms with E-state index in [1.165, 1.54) is 6.07 Å². The van der Waals surface area contributed by atoms with Gasteiger partial charge in [0.25, 0.3) is 0 Å². The van der Waals surface area contributed by atoms with Crippen molar-refractivity contribution < 1.29 is 19.4 Å². The van der Waals surface area contributed by atoms with Crippen molar-refractivity contribution in [3.05, 3.63) is 42.1 Å². The number of aromatic carboxylic acids is 1. The second-order valence-corrected chi connectivity index (χ2v) is 3.81. The quantitative estimate of drug-likeness (QED) is 0.913. The fourth-order valence-electron chi connectivity index (χ4n) is 1.67. The largest absolute Gasteiger partial charge is 0.497 e. The summed E-state index contributed by atoms with van der Waals surface area (Å²) in [4.78, 5) is 15.0. The lowest BCUT2D eigenvalue weighted by molar-refractivity contribution is 0.0690. The summed E-state index contributed by atoms with van der Waals surface area (Å²) >= 11 is 0. The van der Waals surface area contributed by atoms with Crippen molar-refractivity contribution >= 4 is 5.97 Å². The Hall–Kier alpha value is -2.56. The van der Waals surface area contributed by atoms with Crippen molar-refractivity contribution in [2.75, 3.05) is 14.2 Å². The Kier molecular flexibility index (Phi) is 3.66. The third-order valence-electron chi connectivity index (χ3n) is 2.62. The minimum Gasteiger partial charge on any atom is -0.497 e. The van der Waals surface area contributed by atoms with Crippen LogP contribution in [0.4, 0.5) is 0 Å². The summed E-state index contributed by atoms with van der Waals surface area (Å²) in [5.41, 5.74) is 1.29. The number of carboxylic acid groups (broad SMARTS) is 1. The van der Waals surface area contributed by atoms with Gasteiger partial charge in [0, 0.05) is 11.6 Å². The molecule has 98 valence electrons. The lowest BCUT2D eigenvalue weighted by Gasteiger charge is -2.08. The summed E-state index contributed by atoms with van der Waals surface area (Å²) in [6.45, 7) is 0. The van der Waals surface area contributed by atoms with Crippen molar-refractivity contribution in [2.45, 2.75) is 0 Å². The molecule has 19 heavy (non-hydrogen) atoms. The molecule has 0 bridgehead atoms. The third kappa shape index (κ3) is 2.82. The lowest BCUT2D eigenvalue weighted by atomic mass is 10.1. The number of carboxylic acids is 1. The number of ether oxygens (including phenoxy) is 2. The maximum atomic E-state index is 10.9. The number of benzene rings is 1. The van der Waals surface area contributed by atoms with Gasteiger partial charge in [-0.25, -0.2) is 9.78 Å². The Balaban J connectivity index is 2.51. The number of hydrogen-bond acceptors (Lipinski definition) is 4. The first-order chi connectivity index (χ1) is 9.13. The van der Waals surface area contributed by atoms with Crippen LogP contribution < -0.4 is 9.47 Å². The fraction of sp³-hybridized carbons (Fsp3) is 0.143. The van der Waals surface area contributed by atoms with E-state index in [4.69, 9.17) is 14.6 Å². The summed E-state index contributed by atoms with van der Waals surface area (Å²) < 4.78 is 10.3. The molecule has 0 atom stereocenters. The second-order valence-electron chi connectivity index (χ2n) is 3.81. The van der Waals surface area contributed by atoms with Crippen LogP contribution in [-0.4, -0.2) is 30.3 Å². The molecule has 0 amide bonds. The van der Waals surface area contributed by atoms with E-state index in [0.717, 1.165) is 5.56 Å². The zero-order valence-corrected chi connectivity index (χ0v) is 10.6. The number of methoxy groups -OCH3 is 2. The van der Waals surface area contributed by atoms with E-state index in [0.29, 0.717) is 17.2 Å². The van der Waals surface area contributed by atoms with Crippen LogP contribution >= 0.6 is 0 Å². The van der Waals surface area contributed by atoms with E-state index in [2.05, 4.69) is 4.98 Å². The molecule has 5 heteroatoms. The predicted molar refractivity (Wildman–Crippen MR) is 69.7 cm³/mol. The van der Waals surface area contributed by atoms with Gasteiger partial charge in [0.15, 0.2) is 0 Å². The average Bonchev–Trinajstić information content (AvgIpc) is 2.46. The Bertz CT molecular complexity index is 588. The van der Waals surface area contributed by atoms with Crippen LogP contribution in [-0.2, 0) is 0 Å². The first-order valence-electron chi connectivity index (χ1n) is 5.58. The van der Waals surface area contributed by atoms with Crippen molar-refractivity contribution in [2.24, 2.45) is 0 Å². The molecule has 0 fully saturated rings. The molecule has 0 aliphatic rings. The van der Waals surface area contributed by atoms with Gasteiger partial charge in [-0.05, 0) is 24.3 Å². The molecule has 0 saturated heterocycles. The van der Waals surface area contributed by atoms with Gasteiger partial charge in [-0.3, -0.25) is 0 Å². The Labute approximate surface area is 110 Å². The SMILES string of the molecule is COc1cc(OC)cc(-c2cccc(C(=O)O)n2)c1. The van der Waals surface area contributed by atoms with E-state index in [1.54, 1.807) is 44.6 Å². The summed E-state index contributed by atoms with van der Waals surface area (Å²) in [5, 5.41) is 8.95. The summed E-state index contributed by atoms with van der Waals surface area (Å²) in [6, 6.07) is 10.1. The molecule has 0 saturated carbocycles. The number of hydrogen-bond donors (Lipinski definition) is 1. The standard InChI is InChI=1S/C14H13NO4/c1-18-10-6-9(7-11(8-10)19-2)12-4-3-5-13(15-12)14(16)17/h3-8H,1-2H3,(H,16,17). The van der Waals surface area contributed by atoms with Crippen LogP contribution in [0, 0.1) is 0 Å². The molecule has 1 aromatic heterocycles. The highest BCUT2D eigenvalue weighted by Crippen LogP contribution is 2.28. The number of rotatable bonds is 4. The summed E-state index contributed by atoms with van der Waals surface area (Å²) in [5.74, 6) is 0.186. The molecule has 1 heterocycles. The first-order valence-corrected chi connectivity index (χ1v) is 5.58. The minimum atomic E-state index is -1.06. The van der Waals surface area contributed by atoms with Crippen molar-refractivity contribution in [3.8, 4) is 22.8 Å². The molecule has 0 radical (unpaired) electrons. The van der Waals surface area contributed by atoms with Gasteiger partial charge in [-0.2, -0.15) is 0 Å². The molecular weight excluding hydrogens is 246 g/mol. The van der Waals surface area contributed by atoms with Gasteiger partial charge in [0.2, 0.25) is 0 Å². The van der Waals surface area contributed by atoms with Crippen LogP contribution in [0.1, 0.15) is 10.5 Å². The minimum absolute atomic E-state index is 0.000660. The Morgan fingerprint density at radius 3 is 2.26 bits per heavy atom. The van der Waals surface area contributed by atoms with E-state index in [9.17, 15) is 4.79 Å². The van der Waals surface area contributed by atoms with E-state index in [-0.39, 0.29) is 5.69 Å². The first kappa shape index (κ1) is 12.9. The third-order valence-corrected chi connectivity index (χ3v) is 2.62. The number of pyridine rings is 1. The normalized spacial score (nSPS) is 10.0. The second kappa shape index (κ2) is 5.39. The summed E-state index contributed by atoms with van der Waals surface area (Å²) in [6.07, 6.45) is 0. The van der Waals surface area contributed by atoms with Crippen molar-refractivity contribution in [1.82, 2.24) is 4.98 Å². The van der Waals surface area contributed by atoms with Crippen LogP contribution in [0.3, 0.4) is 0 Å². The highest BCUT2D eigenvalue weighted by Gasteiger charge is 2.09. The number of carbonyl (C=O) groups is 1. The van der Waals surface area contributed by atoms with Crippen LogP contribution in [0.2, 0.25) is 0 Å². The molecule has 0 unspecified atom stereocenters. The lowest BCUT2D eigenvalue weighted by Crippen LogP contribution is -2.00. The molecule has 5 nitrogen and oxygen atoms in total. The van der Waals surface area contributed by atoms with Gasteiger partial charge in [0.05, 0.1) is 19.9 Å². The van der Waals surface area contributed by atoms with E-state index >= 15 is 0 Å². The van der Waals surface area contributed by atoms with Gasteiger partial charge < -0.3 is 14.6 Å².